The van der Waals surface area contributed by atoms with Gasteiger partial charge >= 0.3 is 6.09 Å². The fourth-order valence-corrected chi connectivity index (χ4v) is 2.13. The van der Waals surface area contributed by atoms with Gasteiger partial charge in [-0.3, -0.25) is 9.83 Å². The van der Waals surface area contributed by atoms with Crippen LogP contribution in [0.3, 0.4) is 0 Å². The first-order valence-corrected chi connectivity index (χ1v) is 5.55. The molecule has 0 unspecified atom stereocenters. The number of nitrogens with one attached hydrogen (secondary N) is 1. The summed E-state index contributed by atoms with van der Waals surface area (Å²) in [6, 6.07) is 0. The van der Waals surface area contributed by atoms with E-state index in [1.165, 1.54) is 18.8 Å². The topological polar surface area (TPSA) is 63.1 Å². The molecule has 0 bridgehead atoms. The number of carbonyl (C=O) groups is 1. The van der Waals surface area contributed by atoms with Gasteiger partial charge in [-0.2, -0.15) is 0 Å². The van der Waals surface area contributed by atoms with Crippen molar-refractivity contribution in [2.45, 2.75) is 32.1 Å². The molecule has 0 fully saturated rings. The Morgan fingerprint density at radius 2 is 2.33 bits per heavy atom. The second-order valence-electron chi connectivity index (χ2n) is 3.49. The molecule has 1 amide bonds. The first kappa shape index (κ1) is 12.0. The summed E-state index contributed by atoms with van der Waals surface area (Å²) in [5, 5.41) is 6.79. The Labute approximate surface area is 93.3 Å². The number of hydrogen-bond donors (Lipinski definition) is 1. The second kappa shape index (κ2) is 4.65. The standard InChI is InChI=1S/C9H15N3O2S/c1-5-6-7(12-14-8(13)10-4)15-9(2,3)11-6/h5H2,1-4H3,(H,10,13). The smallest absolute Gasteiger partial charge is 0.323 e. The number of hydrogen-bond acceptors (Lipinski definition) is 5. The predicted octanol–water partition coefficient (Wildman–Crippen LogP) is 1.99. The number of amides is 1. The molecule has 0 aliphatic carbocycles. The van der Waals surface area contributed by atoms with Crippen molar-refractivity contribution in [1.82, 2.24) is 5.32 Å². The van der Waals surface area contributed by atoms with Gasteiger partial charge in [-0.25, -0.2) is 4.79 Å². The van der Waals surface area contributed by atoms with Crippen LogP contribution >= 0.6 is 11.8 Å². The van der Waals surface area contributed by atoms with E-state index in [2.05, 4.69) is 20.3 Å². The third-order valence-corrected chi connectivity index (χ3v) is 2.84. The fraction of sp³-hybridized carbons (Fsp3) is 0.667. The van der Waals surface area contributed by atoms with Crippen molar-refractivity contribution in [3.63, 3.8) is 0 Å². The summed E-state index contributed by atoms with van der Waals surface area (Å²) >= 11 is 1.49. The van der Waals surface area contributed by atoms with Gasteiger partial charge in [-0.1, -0.05) is 23.8 Å². The maximum atomic E-state index is 10.8. The van der Waals surface area contributed by atoms with Crippen molar-refractivity contribution in [2.75, 3.05) is 7.05 Å². The molecule has 5 nitrogen and oxygen atoms in total. The van der Waals surface area contributed by atoms with Crippen LogP contribution in [0.5, 0.6) is 0 Å². The number of thioether (sulfide) groups is 1. The third kappa shape index (κ3) is 3.23. The van der Waals surface area contributed by atoms with Crippen LogP contribution in [0, 0.1) is 0 Å². The Morgan fingerprint density at radius 3 is 2.87 bits per heavy atom. The van der Waals surface area contributed by atoms with Crippen molar-refractivity contribution < 1.29 is 9.63 Å². The predicted molar refractivity (Wildman–Crippen MR) is 62.4 cm³/mol. The summed E-state index contributed by atoms with van der Waals surface area (Å²) in [5.41, 5.74) is 0.883. The van der Waals surface area contributed by atoms with Gasteiger partial charge in [0.1, 0.15) is 4.87 Å². The van der Waals surface area contributed by atoms with E-state index >= 15 is 0 Å². The van der Waals surface area contributed by atoms with Gasteiger partial charge in [0, 0.05) is 7.05 Å². The van der Waals surface area contributed by atoms with E-state index in [9.17, 15) is 4.79 Å². The van der Waals surface area contributed by atoms with Crippen LogP contribution in [0.2, 0.25) is 0 Å². The Bertz CT molecular complexity index is 323. The number of rotatable bonds is 2. The quantitative estimate of drug-likeness (QED) is 0.581. The van der Waals surface area contributed by atoms with Gasteiger partial charge in [-0.05, 0) is 20.3 Å². The molecule has 0 atom stereocenters. The lowest BCUT2D eigenvalue weighted by atomic mass is 10.3. The third-order valence-electron chi connectivity index (χ3n) is 1.75. The van der Waals surface area contributed by atoms with Gasteiger partial charge in [0.15, 0.2) is 5.04 Å². The SMILES string of the molecule is CCC1=NC(C)(C)SC1=NOC(=O)NC. The van der Waals surface area contributed by atoms with E-state index in [-0.39, 0.29) is 4.87 Å². The molecule has 15 heavy (non-hydrogen) atoms. The largest absolute Gasteiger partial charge is 0.433 e. The van der Waals surface area contributed by atoms with E-state index in [1.807, 2.05) is 20.8 Å². The molecule has 1 aliphatic rings. The molecule has 1 heterocycles. The van der Waals surface area contributed by atoms with E-state index in [0.29, 0.717) is 5.04 Å². The minimum Gasteiger partial charge on any atom is -0.323 e. The highest BCUT2D eigenvalue weighted by Crippen LogP contribution is 2.34. The monoisotopic (exact) mass is 229 g/mol. The molecule has 0 saturated heterocycles. The second-order valence-corrected chi connectivity index (χ2v) is 5.08. The van der Waals surface area contributed by atoms with Gasteiger partial charge in [0.25, 0.3) is 0 Å². The van der Waals surface area contributed by atoms with Crippen LogP contribution < -0.4 is 5.32 Å². The summed E-state index contributed by atoms with van der Waals surface area (Å²) in [6.07, 6.45) is 0.218. The van der Waals surface area contributed by atoms with E-state index in [4.69, 9.17) is 0 Å². The molecule has 1 aliphatic heterocycles. The minimum atomic E-state index is -0.566. The summed E-state index contributed by atoms with van der Waals surface area (Å²) in [7, 11) is 1.49. The van der Waals surface area contributed by atoms with Crippen LogP contribution in [0.25, 0.3) is 0 Å². The number of oxime groups is 1. The molecule has 0 saturated carbocycles. The zero-order valence-electron chi connectivity index (χ0n) is 9.33. The molecule has 0 aromatic carbocycles. The minimum absolute atomic E-state index is 0.212. The number of nitrogens with zero attached hydrogens (tertiary/aromatic N) is 2. The average Bonchev–Trinajstić information content (AvgIpc) is 2.49. The molecule has 1 rings (SSSR count). The number of aliphatic imine (C=N–C) groups is 1. The fourth-order valence-electron chi connectivity index (χ4n) is 1.12. The molecule has 84 valence electrons. The maximum absolute atomic E-state index is 10.8. The van der Waals surface area contributed by atoms with Gasteiger partial charge in [0.2, 0.25) is 0 Å². The summed E-state index contributed by atoms with van der Waals surface area (Å²) in [6.45, 7) is 5.99. The first-order chi connectivity index (χ1) is 6.98. The van der Waals surface area contributed by atoms with Crippen LogP contribution in [0.4, 0.5) is 4.79 Å². The van der Waals surface area contributed by atoms with Crippen LogP contribution in [-0.2, 0) is 4.84 Å². The molecule has 0 spiro atoms. The van der Waals surface area contributed by atoms with Gasteiger partial charge in [-0.15, -0.1) is 0 Å². The van der Waals surface area contributed by atoms with Crippen molar-refractivity contribution in [3.05, 3.63) is 0 Å². The summed E-state index contributed by atoms with van der Waals surface area (Å²) < 4.78 is 0. The van der Waals surface area contributed by atoms with Gasteiger partial charge < -0.3 is 5.32 Å². The Morgan fingerprint density at radius 1 is 1.67 bits per heavy atom. The molecule has 0 aromatic heterocycles. The lowest BCUT2D eigenvalue weighted by molar-refractivity contribution is 0.154. The van der Waals surface area contributed by atoms with E-state index in [0.717, 1.165) is 12.1 Å². The normalized spacial score (nSPS) is 21.3. The van der Waals surface area contributed by atoms with Crippen LogP contribution in [0.15, 0.2) is 10.1 Å². The van der Waals surface area contributed by atoms with Gasteiger partial charge in [0.05, 0.1) is 5.71 Å². The van der Waals surface area contributed by atoms with Crippen LogP contribution in [-0.4, -0.2) is 28.8 Å². The first-order valence-electron chi connectivity index (χ1n) is 4.73. The highest BCUT2D eigenvalue weighted by molar-refractivity contribution is 8.17. The Balaban J connectivity index is 2.72. The molecular formula is C9H15N3O2S. The van der Waals surface area contributed by atoms with Crippen molar-refractivity contribution in [1.29, 1.82) is 0 Å². The van der Waals surface area contributed by atoms with E-state index in [1.54, 1.807) is 0 Å². The summed E-state index contributed by atoms with van der Waals surface area (Å²) in [4.78, 5) is 19.7. The highest BCUT2D eigenvalue weighted by atomic mass is 32.2. The van der Waals surface area contributed by atoms with Crippen molar-refractivity contribution in [3.8, 4) is 0 Å². The van der Waals surface area contributed by atoms with Crippen molar-refractivity contribution >= 4 is 28.6 Å². The van der Waals surface area contributed by atoms with E-state index < -0.39 is 6.09 Å². The number of carbonyl (C=O) groups excluding carboxylic acids is 1. The zero-order chi connectivity index (χ0) is 11.5. The lowest BCUT2D eigenvalue weighted by Crippen LogP contribution is -2.18. The Hall–Kier alpha value is -1.04. The molecular weight excluding hydrogens is 214 g/mol. The lowest BCUT2D eigenvalue weighted by Gasteiger charge is -2.09. The zero-order valence-corrected chi connectivity index (χ0v) is 10.1. The molecule has 0 radical (unpaired) electrons. The summed E-state index contributed by atoms with van der Waals surface area (Å²) in [5.74, 6) is 0. The molecule has 1 N–H and O–H groups in total. The van der Waals surface area contributed by atoms with Crippen molar-refractivity contribution in [2.24, 2.45) is 10.1 Å². The Kier molecular flexibility index (Phi) is 3.73. The van der Waals surface area contributed by atoms with Crippen LogP contribution in [0.1, 0.15) is 27.2 Å². The molecule has 6 heteroatoms. The average molecular weight is 229 g/mol. The maximum Gasteiger partial charge on any atom is 0.433 e. The molecule has 0 aromatic rings. The highest BCUT2D eigenvalue weighted by Gasteiger charge is 2.31.